The Morgan fingerprint density at radius 1 is 1.21 bits per heavy atom. The summed E-state index contributed by atoms with van der Waals surface area (Å²) in [4.78, 5) is 27.2. The van der Waals surface area contributed by atoms with Gasteiger partial charge in [0.1, 0.15) is 6.10 Å². The molecule has 0 aromatic rings. The Hall–Kier alpha value is -1.56. The molecule has 28 heavy (non-hydrogen) atoms. The molecule has 6 nitrogen and oxygen atoms in total. The second-order valence-electron chi connectivity index (χ2n) is 9.54. The predicted molar refractivity (Wildman–Crippen MR) is 101 cm³/mol. The van der Waals surface area contributed by atoms with Gasteiger partial charge in [0.25, 0.3) is 0 Å². The van der Waals surface area contributed by atoms with Crippen molar-refractivity contribution in [3.63, 3.8) is 0 Å². The number of aliphatic hydroxyl groups excluding tert-OH is 1. The number of hydrogen-bond donors (Lipinski definition) is 1. The van der Waals surface area contributed by atoms with Crippen LogP contribution in [0.25, 0.3) is 0 Å². The molecule has 5 rings (SSSR count). The highest BCUT2D eigenvalue weighted by atomic mass is 16.6. The average molecular weight is 389 g/mol. The van der Waals surface area contributed by atoms with Gasteiger partial charge >= 0.3 is 11.9 Å². The average Bonchev–Trinajstić information content (AvgIpc) is 3.16. The first-order chi connectivity index (χ1) is 13.4. The lowest BCUT2D eigenvalue weighted by Gasteiger charge is -2.45. The van der Waals surface area contributed by atoms with Crippen LogP contribution in [0.3, 0.4) is 0 Å². The molecule has 4 aliphatic heterocycles. The molecule has 1 N–H and O–H groups in total. The molecular formula is C22H31NO5. The summed E-state index contributed by atoms with van der Waals surface area (Å²) in [5.41, 5.74) is 1.69. The second kappa shape index (κ2) is 6.22. The molecule has 154 valence electrons. The molecule has 0 saturated carbocycles. The fraction of sp³-hybridized carbons (Fsp3) is 0.818. The second-order valence-corrected chi connectivity index (χ2v) is 9.54. The number of ether oxygens (including phenoxy) is 2. The van der Waals surface area contributed by atoms with Gasteiger partial charge in [-0.25, -0.2) is 0 Å². The van der Waals surface area contributed by atoms with Gasteiger partial charge in [-0.1, -0.05) is 20.8 Å². The first kappa shape index (κ1) is 18.5. The zero-order chi connectivity index (χ0) is 19.8. The van der Waals surface area contributed by atoms with Gasteiger partial charge in [-0.2, -0.15) is 0 Å². The number of rotatable bonds is 2. The van der Waals surface area contributed by atoms with E-state index in [0.29, 0.717) is 12.8 Å². The lowest BCUT2D eigenvalue weighted by atomic mass is 9.64. The zero-order valence-corrected chi connectivity index (χ0v) is 17.0. The molecule has 0 aromatic heterocycles. The molecule has 3 saturated heterocycles. The maximum atomic E-state index is 12.7. The lowest BCUT2D eigenvalue weighted by molar-refractivity contribution is -0.150. The van der Waals surface area contributed by atoms with Crippen molar-refractivity contribution in [2.24, 2.45) is 23.7 Å². The molecule has 0 amide bonds. The summed E-state index contributed by atoms with van der Waals surface area (Å²) in [5, 5.41) is 11.3. The topological polar surface area (TPSA) is 76.1 Å². The van der Waals surface area contributed by atoms with Crippen LogP contribution in [0, 0.1) is 23.7 Å². The molecule has 1 aliphatic carbocycles. The molecule has 5 aliphatic rings. The third-order valence-corrected chi connectivity index (χ3v) is 8.08. The van der Waals surface area contributed by atoms with Crippen molar-refractivity contribution < 1.29 is 24.2 Å². The van der Waals surface area contributed by atoms with Crippen LogP contribution in [0.5, 0.6) is 0 Å². The van der Waals surface area contributed by atoms with Gasteiger partial charge in [0.05, 0.1) is 29.7 Å². The van der Waals surface area contributed by atoms with Crippen LogP contribution in [0.4, 0.5) is 0 Å². The number of esters is 2. The van der Waals surface area contributed by atoms with Crippen molar-refractivity contribution in [1.29, 1.82) is 0 Å². The number of aliphatic hydroxyl groups is 1. The van der Waals surface area contributed by atoms with Gasteiger partial charge in [0.2, 0.25) is 0 Å². The van der Waals surface area contributed by atoms with Crippen molar-refractivity contribution in [2.45, 2.75) is 83.1 Å². The summed E-state index contributed by atoms with van der Waals surface area (Å²) < 4.78 is 11.9. The van der Waals surface area contributed by atoms with E-state index in [2.05, 4.69) is 11.8 Å². The summed E-state index contributed by atoms with van der Waals surface area (Å²) in [6, 6.07) is 0.0282. The van der Waals surface area contributed by atoms with Crippen molar-refractivity contribution in [3.8, 4) is 0 Å². The molecule has 6 heteroatoms. The molecule has 0 aromatic carbocycles. The molecule has 3 fully saturated rings. The van der Waals surface area contributed by atoms with Crippen LogP contribution in [0.15, 0.2) is 11.3 Å². The number of cyclic esters (lactones) is 1. The SMILES string of the molecule is CC[C@H]1C2=C3N(CCCC2)[C@@H]([C@@H]2C[C@H](C)C(=O)O2)C[C@]32OC(=O)[C@H](C)[C@@H]2[C@@H]1O. The Morgan fingerprint density at radius 2 is 2.00 bits per heavy atom. The highest BCUT2D eigenvalue weighted by Crippen LogP contribution is 2.61. The zero-order valence-electron chi connectivity index (χ0n) is 17.0. The number of carbonyl (C=O) groups is 2. The maximum Gasteiger partial charge on any atom is 0.310 e. The third-order valence-electron chi connectivity index (χ3n) is 8.08. The van der Waals surface area contributed by atoms with Gasteiger partial charge < -0.3 is 19.5 Å². The summed E-state index contributed by atoms with van der Waals surface area (Å²) >= 11 is 0. The highest BCUT2D eigenvalue weighted by Gasteiger charge is 2.69. The number of hydrogen-bond acceptors (Lipinski definition) is 6. The molecule has 1 spiro atoms. The van der Waals surface area contributed by atoms with E-state index in [1.54, 1.807) is 0 Å². The summed E-state index contributed by atoms with van der Waals surface area (Å²) in [5.74, 6) is -0.860. The van der Waals surface area contributed by atoms with Crippen molar-refractivity contribution in [1.82, 2.24) is 4.90 Å². The molecule has 4 heterocycles. The van der Waals surface area contributed by atoms with E-state index >= 15 is 0 Å². The van der Waals surface area contributed by atoms with Gasteiger partial charge in [0, 0.05) is 24.8 Å². The van der Waals surface area contributed by atoms with Crippen LogP contribution in [0.1, 0.15) is 59.3 Å². The van der Waals surface area contributed by atoms with Crippen LogP contribution < -0.4 is 0 Å². The minimum absolute atomic E-state index is 0.0282. The first-order valence-electron chi connectivity index (χ1n) is 11.0. The monoisotopic (exact) mass is 389 g/mol. The van der Waals surface area contributed by atoms with Crippen LogP contribution in [-0.4, -0.2) is 52.3 Å². The van der Waals surface area contributed by atoms with E-state index in [1.165, 1.54) is 5.57 Å². The molecule has 0 radical (unpaired) electrons. The van der Waals surface area contributed by atoms with E-state index in [4.69, 9.17) is 9.47 Å². The fourth-order valence-electron chi connectivity index (χ4n) is 6.85. The molecular weight excluding hydrogens is 358 g/mol. The van der Waals surface area contributed by atoms with Gasteiger partial charge in [-0.05, 0) is 37.7 Å². The van der Waals surface area contributed by atoms with Crippen molar-refractivity contribution >= 4 is 11.9 Å². The van der Waals surface area contributed by atoms with Crippen LogP contribution in [-0.2, 0) is 19.1 Å². The summed E-state index contributed by atoms with van der Waals surface area (Å²) in [7, 11) is 0. The number of nitrogens with zero attached hydrogens (tertiary/aromatic N) is 1. The first-order valence-corrected chi connectivity index (χ1v) is 11.0. The van der Waals surface area contributed by atoms with E-state index in [-0.39, 0.29) is 47.8 Å². The molecule has 0 unspecified atom stereocenters. The Bertz CT molecular complexity index is 747. The molecule has 8 atom stereocenters. The largest absolute Gasteiger partial charge is 0.460 e. The van der Waals surface area contributed by atoms with E-state index in [0.717, 1.165) is 37.9 Å². The minimum atomic E-state index is -0.746. The van der Waals surface area contributed by atoms with E-state index in [1.807, 2.05) is 13.8 Å². The van der Waals surface area contributed by atoms with Crippen molar-refractivity contribution in [3.05, 3.63) is 11.3 Å². The Balaban J connectivity index is 1.65. The Morgan fingerprint density at radius 3 is 2.68 bits per heavy atom. The number of carbonyl (C=O) groups excluding carboxylic acids is 2. The predicted octanol–water partition coefficient (Wildman–Crippen LogP) is 2.40. The quantitative estimate of drug-likeness (QED) is 0.731. The van der Waals surface area contributed by atoms with Crippen LogP contribution >= 0.6 is 0 Å². The van der Waals surface area contributed by atoms with Crippen molar-refractivity contribution in [2.75, 3.05) is 6.54 Å². The fourth-order valence-corrected chi connectivity index (χ4v) is 6.85. The maximum absolute atomic E-state index is 12.7. The van der Waals surface area contributed by atoms with Gasteiger partial charge in [0.15, 0.2) is 5.60 Å². The summed E-state index contributed by atoms with van der Waals surface area (Å²) in [6.45, 7) is 6.85. The normalized spacial score (nSPS) is 47.6. The standard InChI is InChI=1S/C22H31NO5/c1-4-13-14-7-5-6-8-23-15(16-9-11(2)20(25)27-16)10-22(19(14)23)17(18(13)24)12(3)21(26)28-22/h11-13,15-18,24H,4-10H2,1-3H3/t11-,12+,13-,15+,16-,17+,18+,22+/m0/s1. The van der Waals surface area contributed by atoms with Gasteiger partial charge in [-0.15, -0.1) is 0 Å². The minimum Gasteiger partial charge on any atom is -0.460 e. The Labute approximate surface area is 166 Å². The van der Waals surface area contributed by atoms with Gasteiger partial charge in [-0.3, -0.25) is 9.59 Å². The third kappa shape index (κ3) is 2.24. The van der Waals surface area contributed by atoms with E-state index in [9.17, 15) is 14.7 Å². The highest BCUT2D eigenvalue weighted by molar-refractivity contribution is 5.78. The Kier molecular flexibility index (Phi) is 4.10. The smallest absolute Gasteiger partial charge is 0.310 e. The van der Waals surface area contributed by atoms with E-state index < -0.39 is 11.7 Å². The molecule has 0 bridgehead atoms. The summed E-state index contributed by atoms with van der Waals surface area (Å²) in [6.07, 6.45) is 4.58. The van der Waals surface area contributed by atoms with Crippen LogP contribution in [0.2, 0.25) is 0 Å². The lowest BCUT2D eigenvalue weighted by Crippen LogP contribution is -2.51.